The van der Waals surface area contributed by atoms with Crippen LogP contribution in [0.3, 0.4) is 0 Å². The van der Waals surface area contributed by atoms with E-state index in [0.717, 1.165) is 65.1 Å². The van der Waals surface area contributed by atoms with E-state index in [2.05, 4.69) is 48.8 Å². The van der Waals surface area contributed by atoms with Crippen LogP contribution in [0.4, 0.5) is 16.4 Å². The number of hydrogen-bond donors (Lipinski definition) is 1. The number of aryl methyl sites for hydroxylation is 4. The topological polar surface area (TPSA) is 94.9 Å². The highest BCUT2D eigenvalue weighted by Gasteiger charge is 2.28. The van der Waals surface area contributed by atoms with Gasteiger partial charge in [0.2, 0.25) is 0 Å². The van der Waals surface area contributed by atoms with Crippen molar-refractivity contribution in [2.45, 2.75) is 47.1 Å². The molecule has 200 valence electrons. The predicted molar refractivity (Wildman–Crippen MR) is 148 cm³/mol. The van der Waals surface area contributed by atoms with Gasteiger partial charge in [-0.15, -0.1) is 0 Å². The number of piperazine rings is 1. The van der Waals surface area contributed by atoms with E-state index in [1.807, 2.05) is 19.1 Å². The zero-order valence-corrected chi connectivity index (χ0v) is 22.7. The Balaban J connectivity index is 1.60. The molecule has 0 unspecified atom stereocenters. The first-order valence-corrected chi connectivity index (χ1v) is 13.5. The van der Waals surface area contributed by atoms with Crippen LogP contribution < -0.4 is 14.5 Å². The van der Waals surface area contributed by atoms with Crippen molar-refractivity contribution < 1.29 is 14.6 Å². The van der Waals surface area contributed by atoms with Gasteiger partial charge in [0.05, 0.1) is 13.1 Å². The van der Waals surface area contributed by atoms with Crippen molar-refractivity contribution in [3.63, 3.8) is 0 Å². The number of nitrogens with zero attached hydrogens (tertiary/aromatic N) is 6. The highest BCUT2D eigenvalue weighted by molar-refractivity contribution is 5.69. The summed E-state index contributed by atoms with van der Waals surface area (Å²) < 4.78 is 5.88. The van der Waals surface area contributed by atoms with E-state index >= 15 is 0 Å². The average molecular weight is 517 g/mol. The molecule has 0 radical (unpaired) electrons. The summed E-state index contributed by atoms with van der Waals surface area (Å²) in [6.07, 6.45) is 0.922. The third-order valence-electron chi connectivity index (χ3n) is 7.51. The number of benzene rings is 1. The molecule has 1 aromatic carbocycles. The number of hydrogen-bond acceptors (Lipinski definition) is 7. The van der Waals surface area contributed by atoms with Crippen LogP contribution in [0, 0.1) is 13.8 Å². The molecule has 1 fully saturated rings. The van der Waals surface area contributed by atoms with Gasteiger partial charge in [-0.1, -0.05) is 32.0 Å². The molecular formula is C29H36N6O3. The number of carboxylic acid groups (broad SMARTS) is 1. The molecule has 5 rings (SSSR count). The Hall–Kier alpha value is -3.88. The molecule has 4 heterocycles. The lowest BCUT2D eigenvalue weighted by Gasteiger charge is -2.36. The van der Waals surface area contributed by atoms with Crippen molar-refractivity contribution >= 4 is 17.7 Å². The van der Waals surface area contributed by atoms with Gasteiger partial charge in [-0.3, -0.25) is 0 Å². The number of rotatable bonds is 6. The molecule has 0 aliphatic carbocycles. The molecule has 38 heavy (non-hydrogen) atoms. The predicted octanol–water partition coefficient (Wildman–Crippen LogP) is 4.48. The number of anilines is 2. The smallest absolute Gasteiger partial charge is 0.407 e. The molecular weight excluding hydrogens is 480 g/mol. The Morgan fingerprint density at radius 3 is 2.29 bits per heavy atom. The summed E-state index contributed by atoms with van der Waals surface area (Å²) in [5.41, 5.74) is 6.50. The highest BCUT2D eigenvalue weighted by Crippen LogP contribution is 2.35. The Bertz CT molecular complexity index is 1310. The molecule has 0 saturated carbocycles. The van der Waals surface area contributed by atoms with Crippen molar-refractivity contribution in [3.05, 3.63) is 58.4 Å². The van der Waals surface area contributed by atoms with Crippen LogP contribution in [0.15, 0.2) is 30.3 Å². The monoisotopic (exact) mass is 516 g/mol. The Kier molecular flexibility index (Phi) is 7.35. The Morgan fingerprint density at radius 2 is 1.63 bits per heavy atom. The van der Waals surface area contributed by atoms with E-state index in [1.165, 1.54) is 16.0 Å². The maximum absolute atomic E-state index is 11.6. The fourth-order valence-corrected chi connectivity index (χ4v) is 5.36. The van der Waals surface area contributed by atoms with Crippen LogP contribution in [0.5, 0.6) is 5.75 Å². The van der Waals surface area contributed by atoms with Crippen LogP contribution in [0.2, 0.25) is 0 Å². The molecule has 1 saturated heterocycles. The lowest BCUT2D eigenvalue weighted by Crippen LogP contribution is -2.49. The summed E-state index contributed by atoms with van der Waals surface area (Å²) in [5.74, 6) is 3.25. The summed E-state index contributed by atoms with van der Waals surface area (Å²) in [4.78, 5) is 32.6. The normalized spacial score (nSPS) is 15.3. The maximum atomic E-state index is 11.6. The molecule has 1 N–H and O–H groups in total. The van der Waals surface area contributed by atoms with Crippen molar-refractivity contribution in [3.8, 4) is 17.1 Å². The quantitative estimate of drug-likeness (QED) is 0.513. The van der Waals surface area contributed by atoms with Crippen molar-refractivity contribution in [1.82, 2.24) is 19.9 Å². The van der Waals surface area contributed by atoms with Gasteiger partial charge in [0.15, 0.2) is 17.4 Å². The third-order valence-corrected chi connectivity index (χ3v) is 7.51. The summed E-state index contributed by atoms with van der Waals surface area (Å²) in [6, 6.07) is 10.4. The molecule has 2 aliphatic rings. The SMILES string of the molecule is CCc1cccc(CC)c1-c1nc(C)c(CN2CCOc3ccc(C)nc32)c(N2CCN(C(=O)O)CC2)n1. The number of carbonyl (C=O) groups is 1. The fourth-order valence-electron chi connectivity index (χ4n) is 5.36. The molecule has 2 aliphatic heterocycles. The number of ether oxygens (including phenoxy) is 1. The van der Waals surface area contributed by atoms with E-state index < -0.39 is 6.09 Å². The minimum atomic E-state index is -0.875. The zero-order chi connectivity index (χ0) is 26.8. The number of aromatic nitrogens is 3. The number of amides is 1. The van der Waals surface area contributed by atoms with E-state index in [0.29, 0.717) is 39.3 Å². The second kappa shape index (κ2) is 10.8. The third kappa shape index (κ3) is 4.97. The van der Waals surface area contributed by atoms with E-state index in [9.17, 15) is 9.90 Å². The maximum Gasteiger partial charge on any atom is 0.407 e. The molecule has 9 nitrogen and oxygen atoms in total. The van der Waals surface area contributed by atoms with Crippen LogP contribution in [0.1, 0.15) is 41.9 Å². The first-order chi connectivity index (χ1) is 18.4. The molecule has 3 aromatic rings. The minimum Gasteiger partial charge on any atom is -0.488 e. The fraction of sp³-hybridized carbons (Fsp3) is 0.448. The van der Waals surface area contributed by atoms with E-state index in [1.54, 1.807) is 0 Å². The summed E-state index contributed by atoms with van der Waals surface area (Å²) in [5, 5.41) is 9.49. The summed E-state index contributed by atoms with van der Waals surface area (Å²) in [7, 11) is 0. The first kappa shape index (κ1) is 25.8. The summed E-state index contributed by atoms with van der Waals surface area (Å²) in [6.45, 7) is 12.3. The number of pyridine rings is 1. The van der Waals surface area contributed by atoms with Gasteiger partial charge in [0, 0.05) is 48.7 Å². The van der Waals surface area contributed by atoms with Crippen molar-refractivity contribution in [1.29, 1.82) is 0 Å². The van der Waals surface area contributed by atoms with Gasteiger partial charge >= 0.3 is 6.09 Å². The molecule has 0 bridgehead atoms. The van der Waals surface area contributed by atoms with Crippen LogP contribution >= 0.6 is 0 Å². The highest BCUT2D eigenvalue weighted by atomic mass is 16.5. The second-order valence-electron chi connectivity index (χ2n) is 9.89. The van der Waals surface area contributed by atoms with Crippen molar-refractivity contribution in [2.24, 2.45) is 0 Å². The Labute approximate surface area is 224 Å². The lowest BCUT2D eigenvalue weighted by atomic mass is 9.96. The van der Waals surface area contributed by atoms with Gasteiger partial charge in [-0.2, -0.15) is 0 Å². The standard InChI is InChI=1S/C29H36N6O3/c1-5-21-8-7-9-22(6-2)25(21)26-31-20(4)23(27(32-26)33-12-14-34(15-13-33)29(36)37)18-35-16-17-38-24-11-10-19(3)30-28(24)35/h7-11H,5-6,12-18H2,1-4H3,(H,36,37). The van der Waals surface area contributed by atoms with Crippen LogP contribution in [-0.4, -0.2) is 70.4 Å². The second-order valence-corrected chi connectivity index (χ2v) is 9.89. The largest absolute Gasteiger partial charge is 0.488 e. The van der Waals surface area contributed by atoms with Crippen LogP contribution in [0.25, 0.3) is 11.4 Å². The van der Waals surface area contributed by atoms with Gasteiger partial charge in [-0.25, -0.2) is 19.7 Å². The average Bonchev–Trinajstić information content (AvgIpc) is 2.93. The molecule has 9 heteroatoms. The Morgan fingerprint density at radius 1 is 0.921 bits per heavy atom. The molecule has 0 atom stereocenters. The van der Waals surface area contributed by atoms with Gasteiger partial charge < -0.3 is 24.5 Å². The number of fused-ring (bicyclic) bond motifs is 1. The van der Waals surface area contributed by atoms with E-state index in [4.69, 9.17) is 19.7 Å². The van der Waals surface area contributed by atoms with Gasteiger partial charge in [-0.05, 0) is 49.9 Å². The molecule has 2 aromatic heterocycles. The molecule has 0 spiro atoms. The first-order valence-electron chi connectivity index (χ1n) is 13.5. The lowest BCUT2D eigenvalue weighted by molar-refractivity contribution is 0.142. The van der Waals surface area contributed by atoms with E-state index in [-0.39, 0.29) is 0 Å². The van der Waals surface area contributed by atoms with Crippen LogP contribution in [-0.2, 0) is 19.4 Å². The van der Waals surface area contributed by atoms with Crippen molar-refractivity contribution in [2.75, 3.05) is 49.1 Å². The van der Waals surface area contributed by atoms with Gasteiger partial charge in [0.1, 0.15) is 12.4 Å². The molecule has 1 amide bonds. The van der Waals surface area contributed by atoms with Gasteiger partial charge in [0.25, 0.3) is 0 Å². The minimum absolute atomic E-state index is 0.444. The summed E-state index contributed by atoms with van der Waals surface area (Å²) >= 11 is 0. The zero-order valence-electron chi connectivity index (χ0n) is 22.7.